The van der Waals surface area contributed by atoms with Crippen molar-refractivity contribution in [1.29, 1.82) is 0 Å². The van der Waals surface area contributed by atoms with Gasteiger partial charge in [0.2, 0.25) is 0 Å². The molecule has 1 saturated carbocycles. The summed E-state index contributed by atoms with van der Waals surface area (Å²) in [6.07, 6.45) is 5.28. The predicted molar refractivity (Wildman–Crippen MR) is 100 cm³/mol. The molecule has 2 heterocycles. The van der Waals surface area contributed by atoms with Crippen LogP contribution < -0.4 is 5.32 Å². The monoisotopic (exact) mass is 373 g/mol. The van der Waals surface area contributed by atoms with Gasteiger partial charge in [0.25, 0.3) is 5.91 Å². The maximum atomic E-state index is 12.9. The first-order valence-corrected chi connectivity index (χ1v) is 9.54. The number of nitrogens with one attached hydrogen (secondary N) is 1. The van der Waals surface area contributed by atoms with E-state index in [9.17, 15) is 14.7 Å². The van der Waals surface area contributed by atoms with Crippen molar-refractivity contribution in [3.05, 3.63) is 34.8 Å². The molecule has 2 N–H and O–H groups in total. The van der Waals surface area contributed by atoms with E-state index in [-0.39, 0.29) is 11.9 Å². The number of carboxylic acids is 1. The van der Waals surface area contributed by atoms with Gasteiger partial charge >= 0.3 is 5.97 Å². The largest absolute Gasteiger partial charge is 0.481 e. The number of carboxylic acid groups (broad SMARTS) is 1. The molecule has 2 aromatic heterocycles. The molecule has 1 fully saturated rings. The molecule has 146 valence electrons. The highest BCUT2D eigenvalue weighted by Crippen LogP contribution is 2.25. The van der Waals surface area contributed by atoms with Crippen LogP contribution in [0.4, 0.5) is 0 Å². The van der Waals surface area contributed by atoms with Gasteiger partial charge in [0.05, 0.1) is 11.5 Å². The fraction of sp³-hybridized carbons (Fsp3) is 0.550. The van der Waals surface area contributed by atoms with Gasteiger partial charge in [-0.25, -0.2) is 0 Å². The van der Waals surface area contributed by atoms with Gasteiger partial charge in [-0.2, -0.15) is 0 Å². The van der Waals surface area contributed by atoms with E-state index >= 15 is 0 Å². The van der Waals surface area contributed by atoms with Crippen molar-refractivity contribution in [1.82, 2.24) is 15.0 Å². The minimum absolute atomic E-state index is 0.230. The molecule has 2 unspecified atom stereocenters. The fourth-order valence-corrected chi connectivity index (χ4v) is 4.00. The molecule has 2 aromatic rings. The van der Waals surface area contributed by atoms with Crippen LogP contribution in [0.25, 0.3) is 5.82 Å². The average Bonchev–Trinajstić information content (AvgIpc) is 3.12. The van der Waals surface area contributed by atoms with Crippen molar-refractivity contribution in [2.45, 2.75) is 65.3 Å². The van der Waals surface area contributed by atoms with Crippen LogP contribution in [0, 0.1) is 26.7 Å². The van der Waals surface area contributed by atoms with Crippen LogP contribution in [0.3, 0.4) is 0 Å². The second-order valence-corrected chi connectivity index (χ2v) is 7.43. The molecule has 7 heteroatoms. The molecule has 0 spiro atoms. The second kappa shape index (κ2) is 7.98. The topological polar surface area (TPSA) is 97.4 Å². The van der Waals surface area contributed by atoms with E-state index in [1.807, 2.05) is 37.5 Å². The molecule has 0 saturated heterocycles. The van der Waals surface area contributed by atoms with Gasteiger partial charge < -0.3 is 14.9 Å². The van der Waals surface area contributed by atoms with Gasteiger partial charge in [-0.1, -0.05) is 30.8 Å². The summed E-state index contributed by atoms with van der Waals surface area (Å²) in [5.41, 5.74) is 2.17. The SMILES string of the molecule is Cc1cc(-n2c(C)cc(C(=O)NC3CCCCCCC3C(=O)O)c2C)no1. The van der Waals surface area contributed by atoms with E-state index in [1.165, 1.54) is 0 Å². The van der Waals surface area contributed by atoms with Gasteiger partial charge in [-0.05, 0) is 39.7 Å². The Hall–Kier alpha value is -2.57. The first-order chi connectivity index (χ1) is 12.9. The summed E-state index contributed by atoms with van der Waals surface area (Å²) < 4.78 is 7.02. The van der Waals surface area contributed by atoms with Crippen LogP contribution in [0.1, 0.15) is 66.0 Å². The molecule has 0 radical (unpaired) electrons. The van der Waals surface area contributed by atoms with E-state index in [4.69, 9.17) is 4.52 Å². The minimum Gasteiger partial charge on any atom is -0.481 e. The number of rotatable bonds is 4. The van der Waals surface area contributed by atoms with E-state index in [0.717, 1.165) is 37.1 Å². The van der Waals surface area contributed by atoms with E-state index < -0.39 is 11.9 Å². The highest BCUT2D eigenvalue weighted by molar-refractivity contribution is 5.96. The maximum absolute atomic E-state index is 12.9. The van der Waals surface area contributed by atoms with Crippen molar-refractivity contribution in [3.8, 4) is 5.82 Å². The van der Waals surface area contributed by atoms with Gasteiger partial charge in [0.15, 0.2) is 5.82 Å². The molecule has 7 nitrogen and oxygen atoms in total. The molecule has 0 bridgehead atoms. The van der Waals surface area contributed by atoms with Gasteiger partial charge in [0, 0.05) is 23.5 Å². The number of amides is 1. The van der Waals surface area contributed by atoms with Crippen molar-refractivity contribution in [3.63, 3.8) is 0 Å². The smallest absolute Gasteiger partial charge is 0.308 e. The first kappa shape index (κ1) is 19.2. The minimum atomic E-state index is -0.828. The van der Waals surface area contributed by atoms with Crippen molar-refractivity contribution >= 4 is 11.9 Å². The molecule has 1 amide bonds. The number of carbonyl (C=O) groups excluding carboxylic acids is 1. The van der Waals surface area contributed by atoms with Gasteiger partial charge in [0.1, 0.15) is 5.76 Å². The normalized spacial score (nSPS) is 20.7. The third-order valence-corrected chi connectivity index (χ3v) is 5.42. The second-order valence-electron chi connectivity index (χ2n) is 7.43. The Morgan fingerprint density at radius 3 is 2.48 bits per heavy atom. The van der Waals surface area contributed by atoms with Crippen LogP contribution >= 0.6 is 0 Å². The number of carbonyl (C=O) groups is 2. The molecule has 2 atom stereocenters. The van der Waals surface area contributed by atoms with Crippen molar-refractivity contribution < 1.29 is 19.2 Å². The summed E-state index contributed by atoms with van der Waals surface area (Å²) in [6.45, 7) is 5.58. The molecule has 1 aliphatic rings. The lowest BCUT2D eigenvalue weighted by Gasteiger charge is -2.27. The van der Waals surface area contributed by atoms with Crippen LogP contribution in [0.5, 0.6) is 0 Å². The summed E-state index contributed by atoms with van der Waals surface area (Å²) >= 11 is 0. The Kier molecular flexibility index (Phi) is 5.68. The summed E-state index contributed by atoms with van der Waals surface area (Å²) in [4.78, 5) is 24.6. The Labute approximate surface area is 158 Å². The first-order valence-electron chi connectivity index (χ1n) is 9.54. The number of aryl methyl sites for hydroxylation is 2. The Morgan fingerprint density at radius 1 is 1.15 bits per heavy atom. The number of hydrogen-bond acceptors (Lipinski definition) is 4. The van der Waals surface area contributed by atoms with Crippen LogP contribution in [0.15, 0.2) is 16.7 Å². The van der Waals surface area contributed by atoms with E-state index in [1.54, 1.807) is 0 Å². The lowest BCUT2D eigenvalue weighted by atomic mass is 9.86. The van der Waals surface area contributed by atoms with Gasteiger partial charge in [-0.15, -0.1) is 0 Å². The highest BCUT2D eigenvalue weighted by Gasteiger charge is 2.31. The number of aromatic nitrogens is 2. The zero-order valence-electron chi connectivity index (χ0n) is 16.1. The Bertz CT molecular complexity index is 836. The molecule has 0 aliphatic heterocycles. The quantitative estimate of drug-likeness (QED) is 0.854. The standard InChI is InChI=1S/C20H27N3O4/c1-12-10-16(14(3)23(12)18-11-13(2)27-22-18)19(24)21-17-9-7-5-4-6-8-15(17)20(25)26/h10-11,15,17H,4-9H2,1-3H3,(H,21,24)(H,25,26). The molecule has 3 rings (SSSR count). The average molecular weight is 373 g/mol. The number of aliphatic carboxylic acids is 1. The summed E-state index contributed by atoms with van der Waals surface area (Å²) in [6, 6.07) is 3.29. The van der Waals surface area contributed by atoms with Crippen molar-refractivity contribution in [2.24, 2.45) is 5.92 Å². The third kappa shape index (κ3) is 4.07. The number of hydrogen-bond donors (Lipinski definition) is 2. The fourth-order valence-electron chi connectivity index (χ4n) is 4.00. The maximum Gasteiger partial charge on any atom is 0.308 e. The summed E-state index contributed by atoms with van der Waals surface area (Å²) in [5, 5.41) is 16.6. The third-order valence-electron chi connectivity index (χ3n) is 5.42. The Balaban J connectivity index is 1.84. The lowest BCUT2D eigenvalue weighted by molar-refractivity contribution is -0.143. The highest BCUT2D eigenvalue weighted by atomic mass is 16.5. The summed E-state index contributed by atoms with van der Waals surface area (Å²) in [7, 11) is 0. The van der Waals surface area contributed by atoms with Gasteiger partial charge in [-0.3, -0.25) is 14.2 Å². The number of nitrogens with zero attached hydrogens (tertiary/aromatic N) is 2. The lowest BCUT2D eigenvalue weighted by Crippen LogP contribution is -2.44. The van der Waals surface area contributed by atoms with Crippen LogP contribution in [-0.2, 0) is 4.79 Å². The van der Waals surface area contributed by atoms with E-state index in [0.29, 0.717) is 30.0 Å². The van der Waals surface area contributed by atoms with Crippen molar-refractivity contribution in [2.75, 3.05) is 0 Å². The Morgan fingerprint density at radius 2 is 1.85 bits per heavy atom. The zero-order chi connectivity index (χ0) is 19.6. The molecule has 27 heavy (non-hydrogen) atoms. The van der Waals surface area contributed by atoms with Crippen LogP contribution in [-0.4, -0.2) is 32.7 Å². The molecule has 0 aromatic carbocycles. The summed E-state index contributed by atoms with van der Waals surface area (Å²) in [5.74, 6) is -0.258. The van der Waals surface area contributed by atoms with Crippen LogP contribution in [0.2, 0.25) is 0 Å². The molecule has 1 aliphatic carbocycles. The van der Waals surface area contributed by atoms with E-state index in [2.05, 4.69) is 10.5 Å². The predicted octanol–water partition coefficient (Wildman–Crippen LogP) is 3.54. The molecular formula is C20H27N3O4. The molecular weight excluding hydrogens is 346 g/mol. The zero-order valence-corrected chi connectivity index (χ0v) is 16.1.